The first-order chi connectivity index (χ1) is 15.7. The van der Waals surface area contributed by atoms with Crippen molar-refractivity contribution >= 4 is 17.9 Å². The van der Waals surface area contributed by atoms with Crippen molar-refractivity contribution in [2.75, 3.05) is 33.5 Å². The molecule has 0 aromatic carbocycles. The third kappa shape index (κ3) is 3.97. The molecule has 1 spiro atoms. The first kappa shape index (κ1) is 24.5. The molecule has 7 atom stereocenters. The number of methoxy groups -OCH3 is 1. The zero-order valence-electron chi connectivity index (χ0n) is 20.4. The number of fused-ring (bicyclic) bond motifs is 2. The standard InChI is InChI=1S/C25H38O8/c1-16-12-21(33-18(3)27)25(15-31-17(2)26)20(6-5-9-23(25)14-32-23)24(16,22(28)29-4)10-7-19-8-11-30-13-19/h16,19-21H,5-15H2,1-4H3/t16-,19?,20-,21+,23+,24-,25+/m1/s1. The fourth-order valence-corrected chi connectivity index (χ4v) is 7.43. The van der Waals surface area contributed by atoms with E-state index in [0.29, 0.717) is 25.4 Å². The predicted molar refractivity (Wildman–Crippen MR) is 117 cm³/mol. The third-order valence-electron chi connectivity index (χ3n) is 9.06. The minimum Gasteiger partial charge on any atom is -0.469 e. The van der Waals surface area contributed by atoms with E-state index in [1.54, 1.807) is 0 Å². The van der Waals surface area contributed by atoms with Crippen LogP contribution < -0.4 is 0 Å². The Morgan fingerprint density at radius 1 is 1.12 bits per heavy atom. The van der Waals surface area contributed by atoms with Crippen molar-refractivity contribution in [3.05, 3.63) is 0 Å². The van der Waals surface area contributed by atoms with E-state index in [4.69, 9.17) is 23.7 Å². The largest absolute Gasteiger partial charge is 0.469 e. The molecule has 2 heterocycles. The summed E-state index contributed by atoms with van der Waals surface area (Å²) in [5, 5.41) is 0. The van der Waals surface area contributed by atoms with Crippen LogP contribution in [0.2, 0.25) is 0 Å². The van der Waals surface area contributed by atoms with E-state index in [-0.39, 0.29) is 30.4 Å². The van der Waals surface area contributed by atoms with Gasteiger partial charge < -0.3 is 23.7 Å². The van der Waals surface area contributed by atoms with Gasteiger partial charge in [-0.25, -0.2) is 0 Å². The molecule has 0 aromatic heterocycles. The third-order valence-corrected chi connectivity index (χ3v) is 9.06. The fourth-order valence-electron chi connectivity index (χ4n) is 7.43. The van der Waals surface area contributed by atoms with Crippen molar-refractivity contribution in [1.82, 2.24) is 0 Å². The predicted octanol–water partition coefficient (Wildman–Crippen LogP) is 3.05. The highest BCUT2D eigenvalue weighted by Gasteiger charge is 2.77. The Labute approximate surface area is 196 Å². The number of hydrogen-bond acceptors (Lipinski definition) is 8. The van der Waals surface area contributed by atoms with Crippen LogP contribution in [0.5, 0.6) is 0 Å². The summed E-state index contributed by atoms with van der Waals surface area (Å²) in [6.45, 7) is 6.94. The highest BCUT2D eigenvalue weighted by molar-refractivity contribution is 5.78. The Kier molecular flexibility index (Phi) is 6.80. The Bertz CT molecular complexity index is 770. The molecular formula is C25H38O8. The molecule has 1 unspecified atom stereocenters. The van der Waals surface area contributed by atoms with Gasteiger partial charge in [0, 0.05) is 27.1 Å². The van der Waals surface area contributed by atoms with Gasteiger partial charge in [-0.05, 0) is 56.3 Å². The first-order valence-corrected chi connectivity index (χ1v) is 12.3. The van der Waals surface area contributed by atoms with Crippen LogP contribution in [-0.2, 0) is 38.1 Å². The second kappa shape index (κ2) is 9.17. The normalized spacial score (nSPS) is 41.8. The van der Waals surface area contributed by atoms with Crippen LogP contribution in [0.15, 0.2) is 0 Å². The number of rotatable bonds is 7. The molecule has 186 valence electrons. The summed E-state index contributed by atoms with van der Waals surface area (Å²) in [6, 6.07) is 0. The summed E-state index contributed by atoms with van der Waals surface area (Å²) in [5.74, 6) is -0.822. The van der Waals surface area contributed by atoms with Crippen LogP contribution in [0, 0.1) is 28.6 Å². The van der Waals surface area contributed by atoms with Gasteiger partial charge in [-0.2, -0.15) is 0 Å². The van der Waals surface area contributed by atoms with Crippen molar-refractivity contribution in [2.45, 2.75) is 77.4 Å². The van der Waals surface area contributed by atoms with Crippen LogP contribution in [0.3, 0.4) is 0 Å². The van der Waals surface area contributed by atoms with Gasteiger partial charge in [0.25, 0.3) is 0 Å². The van der Waals surface area contributed by atoms with E-state index in [0.717, 1.165) is 45.3 Å². The molecule has 4 aliphatic rings. The van der Waals surface area contributed by atoms with Gasteiger partial charge in [-0.1, -0.05) is 13.3 Å². The summed E-state index contributed by atoms with van der Waals surface area (Å²) in [5.41, 5.74) is -2.11. The summed E-state index contributed by atoms with van der Waals surface area (Å²) in [6.07, 6.45) is 5.00. The van der Waals surface area contributed by atoms with Crippen molar-refractivity contribution in [1.29, 1.82) is 0 Å². The van der Waals surface area contributed by atoms with E-state index >= 15 is 0 Å². The number of carbonyl (C=O) groups excluding carboxylic acids is 3. The number of carbonyl (C=O) groups is 3. The first-order valence-electron chi connectivity index (χ1n) is 12.3. The summed E-state index contributed by atoms with van der Waals surface area (Å²) in [7, 11) is 1.45. The lowest BCUT2D eigenvalue weighted by Crippen LogP contribution is -2.69. The zero-order valence-corrected chi connectivity index (χ0v) is 20.4. The maximum Gasteiger partial charge on any atom is 0.312 e. The lowest BCUT2D eigenvalue weighted by atomic mass is 9.42. The Hall–Kier alpha value is -1.67. The lowest BCUT2D eigenvalue weighted by Gasteiger charge is -2.62. The molecule has 8 nitrogen and oxygen atoms in total. The molecule has 2 saturated carbocycles. The maximum atomic E-state index is 13.7. The van der Waals surface area contributed by atoms with Gasteiger partial charge >= 0.3 is 17.9 Å². The molecule has 8 heteroatoms. The molecule has 0 radical (unpaired) electrons. The van der Waals surface area contributed by atoms with E-state index in [9.17, 15) is 14.4 Å². The summed E-state index contributed by atoms with van der Waals surface area (Å²) < 4.78 is 28.8. The Balaban J connectivity index is 1.81. The van der Waals surface area contributed by atoms with Crippen LogP contribution in [0.25, 0.3) is 0 Å². The number of esters is 3. The second-order valence-electron chi connectivity index (χ2n) is 10.6. The molecule has 2 aliphatic carbocycles. The molecule has 4 rings (SSSR count). The molecule has 2 saturated heterocycles. The zero-order chi connectivity index (χ0) is 23.9. The second-order valence-corrected chi connectivity index (χ2v) is 10.6. The van der Waals surface area contributed by atoms with Gasteiger partial charge in [0.05, 0.1) is 24.5 Å². The molecule has 0 aromatic rings. The van der Waals surface area contributed by atoms with Gasteiger partial charge in [0.15, 0.2) is 0 Å². The highest BCUT2D eigenvalue weighted by Crippen LogP contribution is 2.69. The monoisotopic (exact) mass is 466 g/mol. The van der Waals surface area contributed by atoms with E-state index in [2.05, 4.69) is 6.92 Å². The molecular weight excluding hydrogens is 428 g/mol. The van der Waals surface area contributed by atoms with E-state index in [1.807, 2.05) is 0 Å². The number of epoxide rings is 1. The summed E-state index contributed by atoms with van der Waals surface area (Å²) in [4.78, 5) is 37.8. The molecule has 0 amide bonds. The average Bonchev–Trinajstić information content (AvgIpc) is 3.34. The van der Waals surface area contributed by atoms with Crippen molar-refractivity contribution in [3.8, 4) is 0 Å². The van der Waals surface area contributed by atoms with Gasteiger partial charge in [0.2, 0.25) is 0 Å². The van der Waals surface area contributed by atoms with Gasteiger partial charge in [-0.3, -0.25) is 14.4 Å². The smallest absolute Gasteiger partial charge is 0.312 e. The molecule has 4 fully saturated rings. The number of hydrogen-bond donors (Lipinski definition) is 0. The Morgan fingerprint density at radius 3 is 2.45 bits per heavy atom. The maximum absolute atomic E-state index is 13.7. The fraction of sp³-hybridized carbons (Fsp3) is 0.880. The molecule has 2 aliphatic heterocycles. The SMILES string of the molecule is COC(=O)[C@]1(CCC2CCOC2)[C@H](C)C[C@H](OC(C)=O)[C@]2(COC(C)=O)[C@@H]1CCC[C@]21CO1. The van der Waals surface area contributed by atoms with Crippen LogP contribution in [0.4, 0.5) is 0 Å². The Morgan fingerprint density at radius 2 is 1.88 bits per heavy atom. The summed E-state index contributed by atoms with van der Waals surface area (Å²) >= 11 is 0. The van der Waals surface area contributed by atoms with Crippen molar-refractivity contribution < 1.29 is 38.1 Å². The minimum atomic E-state index is -0.782. The van der Waals surface area contributed by atoms with Crippen LogP contribution in [-0.4, -0.2) is 63.2 Å². The molecule has 0 N–H and O–H groups in total. The highest BCUT2D eigenvalue weighted by atomic mass is 16.6. The van der Waals surface area contributed by atoms with Gasteiger partial charge in [0.1, 0.15) is 18.3 Å². The molecule has 0 bridgehead atoms. The topological polar surface area (TPSA) is 101 Å². The van der Waals surface area contributed by atoms with Crippen LogP contribution >= 0.6 is 0 Å². The quantitative estimate of drug-likeness (QED) is 0.321. The van der Waals surface area contributed by atoms with E-state index < -0.39 is 28.5 Å². The van der Waals surface area contributed by atoms with Crippen LogP contribution in [0.1, 0.15) is 65.7 Å². The minimum absolute atomic E-state index is 0.0685. The lowest BCUT2D eigenvalue weighted by molar-refractivity contribution is -0.236. The average molecular weight is 467 g/mol. The van der Waals surface area contributed by atoms with Crippen molar-refractivity contribution in [3.63, 3.8) is 0 Å². The van der Waals surface area contributed by atoms with Gasteiger partial charge in [-0.15, -0.1) is 0 Å². The number of ether oxygens (including phenoxy) is 5. The van der Waals surface area contributed by atoms with Crippen molar-refractivity contribution in [2.24, 2.45) is 28.6 Å². The molecule has 33 heavy (non-hydrogen) atoms. The van der Waals surface area contributed by atoms with E-state index in [1.165, 1.54) is 21.0 Å².